The van der Waals surface area contributed by atoms with Gasteiger partial charge < -0.3 is 10.4 Å². The Hall–Kier alpha value is -0.870. The van der Waals surface area contributed by atoms with Crippen molar-refractivity contribution in [1.29, 1.82) is 0 Å². The van der Waals surface area contributed by atoms with Crippen LogP contribution in [-0.4, -0.2) is 16.8 Å². The zero-order valence-electron chi connectivity index (χ0n) is 8.57. The van der Waals surface area contributed by atoms with Gasteiger partial charge in [0.2, 0.25) is 0 Å². The molecule has 4 heteroatoms. The Morgan fingerprint density at radius 2 is 2.47 bits per heavy atom. The molecule has 0 aromatic carbocycles. The van der Waals surface area contributed by atoms with E-state index < -0.39 is 0 Å². The van der Waals surface area contributed by atoms with Crippen LogP contribution in [0.2, 0.25) is 0 Å². The minimum Gasteiger partial charge on any atom is -0.392 e. The van der Waals surface area contributed by atoms with E-state index in [1.54, 1.807) is 0 Å². The second kappa shape index (κ2) is 4.77. The van der Waals surface area contributed by atoms with E-state index in [0.717, 1.165) is 25.0 Å². The van der Waals surface area contributed by atoms with E-state index in [4.69, 9.17) is 17.3 Å². The topological polar surface area (TPSA) is 46.4 Å². The smallest absolute Gasteiger partial charge is 0.197 e. The van der Waals surface area contributed by atoms with Crippen molar-refractivity contribution in [2.24, 2.45) is 5.92 Å². The molecule has 2 aliphatic rings. The molecule has 1 radical (unpaired) electrons. The first kappa shape index (κ1) is 10.6. The Balaban J connectivity index is 1.86. The van der Waals surface area contributed by atoms with Crippen LogP contribution < -0.4 is 10.6 Å². The van der Waals surface area contributed by atoms with Crippen molar-refractivity contribution in [3.8, 4) is 0 Å². The molecule has 3 nitrogen and oxygen atoms in total. The maximum absolute atomic E-state index is 9.07. The monoisotopic (exact) mass is 223 g/mol. The highest BCUT2D eigenvalue weighted by atomic mass is 32.1. The number of allylic oxidation sites excluding steroid dienone is 2. The fourth-order valence-corrected chi connectivity index (χ4v) is 2.30. The summed E-state index contributed by atoms with van der Waals surface area (Å²) >= 11 is 4.93. The highest BCUT2D eigenvalue weighted by Crippen LogP contribution is 2.28. The van der Waals surface area contributed by atoms with Crippen LogP contribution in [0.15, 0.2) is 23.5 Å². The minimum atomic E-state index is 0.198. The number of hydrogen-bond donors (Lipinski definition) is 2. The van der Waals surface area contributed by atoms with E-state index in [9.17, 15) is 0 Å². The highest BCUT2D eigenvalue weighted by molar-refractivity contribution is 7.80. The SMILES string of the molecule is OCC1=CCC[C@@H](CC2=CNC(=S)[N]2)C1. The van der Waals surface area contributed by atoms with Crippen LogP contribution in [0, 0.1) is 5.92 Å². The van der Waals surface area contributed by atoms with Crippen molar-refractivity contribution in [2.45, 2.75) is 25.7 Å². The molecule has 2 rings (SSSR count). The van der Waals surface area contributed by atoms with E-state index >= 15 is 0 Å². The average Bonchev–Trinajstić information content (AvgIpc) is 2.64. The van der Waals surface area contributed by atoms with Gasteiger partial charge in [-0.3, -0.25) is 0 Å². The molecular formula is C11H15N2OS. The third-order valence-corrected chi connectivity index (χ3v) is 3.08. The highest BCUT2D eigenvalue weighted by Gasteiger charge is 2.19. The Bertz CT molecular complexity index is 323. The Morgan fingerprint density at radius 3 is 3.13 bits per heavy atom. The van der Waals surface area contributed by atoms with Crippen molar-refractivity contribution in [3.63, 3.8) is 0 Å². The van der Waals surface area contributed by atoms with E-state index in [-0.39, 0.29) is 6.61 Å². The van der Waals surface area contributed by atoms with Crippen LogP contribution in [0.1, 0.15) is 25.7 Å². The molecule has 1 aliphatic heterocycles. The summed E-state index contributed by atoms with van der Waals surface area (Å²) in [7, 11) is 0. The van der Waals surface area contributed by atoms with Gasteiger partial charge in [-0.1, -0.05) is 6.08 Å². The molecule has 81 valence electrons. The molecule has 1 aliphatic carbocycles. The summed E-state index contributed by atoms with van der Waals surface area (Å²) in [6, 6.07) is 0. The molecular weight excluding hydrogens is 208 g/mol. The summed E-state index contributed by atoms with van der Waals surface area (Å²) in [4.78, 5) is 0. The Kier molecular flexibility index (Phi) is 3.38. The molecule has 0 bridgehead atoms. The largest absolute Gasteiger partial charge is 0.392 e. The lowest BCUT2D eigenvalue weighted by molar-refractivity contribution is 0.310. The lowest BCUT2D eigenvalue weighted by Crippen LogP contribution is -2.17. The number of hydrogen-bond acceptors (Lipinski definition) is 2. The van der Waals surface area contributed by atoms with E-state index in [1.165, 1.54) is 12.0 Å². The molecule has 1 atom stereocenters. The summed E-state index contributed by atoms with van der Waals surface area (Å²) in [6.45, 7) is 0.198. The Labute approximate surface area is 95.3 Å². The van der Waals surface area contributed by atoms with Gasteiger partial charge in [0.05, 0.1) is 12.3 Å². The maximum Gasteiger partial charge on any atom is 0.197 e. The molecule has 2 N–H and O–H groups in total. The van der Waals surface area contributed by atoms with Gasteiger partial charge in [0.1, 0.15) is 0 Å². The van der Waals surface area contributed by atoms with Crippen molar-refractivity contribution in [2.75, 3.05) is 6.61 Å². The minimum absolute atomic E-state index is 0.198. The first-order valence-electron chi connectivity index (χ1n) is 5.28. The standard InChI is InChI=1S/C11H15N2OS/c14-7-9-3-1-2-8(4-9)5-10-6-12-11(15)13-10/h3,6,8,14H,1-2,4-5,7H2,(H,12,15)/t8-/m1/s1. The van der Waals surface area contributed by atoms with Gasteiger partial charge in [-0.25, -0.2) is 5.32 Å². The summed E-state index contributed by atoms with van der Waals surface area (Å²) in [5.41, 5.74) is 2.21. The number of rotatable bonds is 3. The zero-order valence-corrected chi connectivity index (χ0v) is 9.39. The fraction of sp³-hybridized carbons (Fsp3) is 0.545. The quantitative estimate of drug-likeness (QED) is 0.562. The molecule has 0 fully saturated rings. The van der Waals surface area contributed by atoms with Crippen LogP contribution >= 0.6 is 12.2 Å². The van der Waals surface area contributed by atoms with E-state index in [1.807, 2.05) is 6.20 Å². The van der Waals surface area contributed by atoms with Gasteiger partial charge in [0, 0.05) is 6.20 Å². The third kappa shape index (κ3) is 2.79. The van der Waals surface area contributed by atoms with Gasteiger partial charge in [0.25, 0.3) is 0 Å². The number of aliphatic hydroxyl groups excluding tert-OH is 1. The predicted molar refractivity (Wildman–Crippen MR) is 63.1 cm³/mol. The summed E-state index contributed by atoms with van der Waals surface area (Å²) in [6.07, 6.45) is 8.26. The van der Waals surface area contributed by atoms with E-state index in [0.29, 0.717) is 11.0 Å². The van der Waals surface area contributed by atoms with Crippen LogP contribution in [0.3, 0.4) is 0 Å². The van der Waals surface area contributed by atoms with Gasteiger partial charge in [-0.2, -0.15) is 0 Å². The average molecular weight is 223 g/mol. The maximum atomic E-state index is 9.07. The van der Waals surface area contributed by atoms with Gasteiger partial charge in [0.15, 0.2) is 5.11 Å². The molecule has 0 amide bonds. The lowest BCUT2D eigenvalue weighted by atomic mass is 9.86. The number of aliphatic hydroxyl groups is 1. The number of nitrogens with one attached hydrogen (secondary N) is 1. The molecule has 0 saturated heterocycles. The number of nitrogens with zero attached hydrogens (tertiary/aromatic N) is 1. The second-order valence-electron chi connectivity index (χ2n) is 4.07. The third-order valence-electron chi connectivity index (χ3n) is 2.87. The van der Waals surface area contributed by atoms with Crippen molar-refractivity contribution in [1.82, 2.24) is 10.6 Å². The molecule has 15 heavy (non-hydrogen) atoms. The molecule has 0 aromatic rings. The molecule has 0 unspecified atom stereocenters. The summed E-state index contributed by atoms with van der Waals surface area (Å²) in [5, 5.41) is 16.8. The first-order chi connectivity index (χ1) is 7.28. The van der Waals surface area contributed by atoms with Gasteiger partial charge in [-0.15, -0.1) is 0 Å². The van der Waals surface area contributed by atoms with Gasteiger partial charge in [-0.05, 0) is 49.4 Å². The predicted octanol–water partition coefficient (Wildman–Crippen LogP) is 1.43. The summed E-state index contributed by atoms with van der Waals surface area (Å²) < 4.78 is 0. The van der Waals surface area contributed by atoms with Crippen LogP contribution in [0.4, 0.5) is 0 Å². The zero-order chi connectivity index (χ0) is 10.7. The van der Waals surface area contributed by atoms with Crippen LogP contribution in [0.25, 0.3) is 0 Å². The van der Waals surface area contributed by atoms with Crippen LogP contribution in [-0.2, 0) is 0 Å². The molecule has 0 saturated carbocycles. The molecule has 0 aromatic heterocycles. The van der Waals surface area contributed by atoms with Crippen LogP contribution in [0.5, 0.6) is 0 Å². The molecule has 0 spiro atoms. The first-order valence-corrected chi connectivity index (χ1v) is 5.69. The van der Waals surface area contributed by atoms with Crippen molar-refractivity contribution < 1.29 is 5.11 Å². The summed E-state index contributed by atoms with van der Waals surface area (Å²) in [5.74, 6) is 0.606. The fourth-order valence-electron chi connectivity index (χ4n) is 2.12. The lowest BCUT2D eigenvalue weighted by Gasteiger charge is -2.21. The number of thiocarbonyl (C=S) groups is 1. The Morgan fingerprint density at radius 1 is 1.60 bits per heavy atom. The van der Waals surface area contributed by atoms with E-state index in [2.05, 4.69) is 16.7 Å². The normalized spacial score (nSPS) is 25.4. The molecule has 1 heterocycles. The second-order valence-corrected chi connectivity index (χ2v) is 4.46. The van der Waals surface area contributed by atoms with Crippen molar-refractivity contribution in [3.05, 3.63) is 23.5 Å². The van der Waals surface area contributed by atoms with Crippen molar-refractivity contribution >= 4 is 17.3 Å². The van der Waals surface area contributed by atoms with Gasteiger partial charge >= 0.3 is 0 Å².